The van der Waals surface area contributed by atoms with E-state index in [0.29, 0.717) is 31.6 Å². The molecule has 0 spiro atoms. The minimum absolute atomic E-state index is 0.0946. The molecule has 0 radical (unpaired) electrons. The molecule has 1 amide bonds. The van der Waals surface area contributed by atoms with Gasteiger partial charge in [0, 0.05) is 45.0 Å². The van der Waals surface area contributed by atoms with Crippen molar-refractivity contribution in [2.24, 2.45) is 0 Å². The molecule has 0 saturated carbocycles. The van der Waals surface area contributed by atoms with Gasteiger partial charge in [0.15, 0.2) is 0 Å². The van der Waals surface area contributed by atoms with Crippen molar-refractivity contribution in [1.29, 1.82) is 0 Å². The third-order valence-corrected chi connectivity index (χ3v) is 5.98. The molecule has 1 unspecified atom stereocenters. The standard InChI is InChI=1S/C23H33N5O4/c1-15(2)31-23(29)28-8-6-27(7-9-28)13-19-11-16(3)12-20(17(19)4)24-22-26-25-21(32-22)18-5-10-30-14-18/h11-12,15,18H,5-10,13-14H2,1-4H3,(H,24,26). The number of anilines is 2. The lowest BCUT2D eigenvalue weighted by Gasteiger charge is -2.34. The molecule has 3 heterocycles. The van der Waals surface area contributed by atoms with Crippen molar-refractivity contribution in [2.45, 2.75) is 52.7 Å². The van der Waals surface area contributed by atoms with E-state index >= 15 is 0 Å². The Labute approximate surface area is 189 Å². The first-order valence-corrected chi connectivity index (χ1v) is 11.3. The topological polar surface area (TPSA) is 93.0 Å². The second-order valence-corrected chi connectivity index (χ2v) is 8.92. The summed E-state index contributed by atoms with van der Waals surface area (Å²) in [6.45, 7) is 13.1. The van der Waals surface area contributed by atoms with Gasteiger partial charge in [-0.15, -0.1) is 5.10 Å². The van der Waals surface area contributed by atoms with Crippen LogP contribution in [0.25, 0.3) is 0 Å². The number of aromatic nitrogens is 2. The second kappa shape index (κ2) is 9.87. The van der Waals surface area contributed by atoms with Crippen molar-refractivity contribution in [1.82, 2.24) is 20.0 Å². The molecule has 2 aliphatic heterocycles. The highest BCUT2D eigenvalue weighted by molar-refractivity contribution is 5.68. The highest BCUT2D eigenvalue weighted by Gasteiger charge is 2.25. The fourth-order valence-electron chi connectivity index (χ4n) is 4.13. The molecule has 2 fully saturated rings. The number of nitrogens with one attached hydrogen (secondary N) is 1. The van der Waals surface area contributed by atoms with E-state index in [1.807, 2.05) is 13.8 Å². The van der Waals surface area contributed by atoms with Crippen LogP contribution in [0.4, 0.5) is 16.5 Å². The van der Waals surface area contributed by atoms with Crippen molar-refractivity contribution in [3.05, 3.63) is 34.7 Å². The van der Waals surface area contributed by atoms with Crippen LogP contribution >= 0.6 is 0 Å². The SMILES string of the molecule is Cc1cc(CN2CCN(C(=O)OC(C)C)CC2)c(C)c(Nc2nnc(C3CCOC3)o2)c1. The smallest absolute Gasteiger partial charge is 0.410 e. The van der Waals surface area contributed by atoms with Crippen LogP contribution in [-0.2, 0) is 16.0 Å². The molecule has 0 bridgehead atoms. The molecule has 174 valence electrons. The van der Waals surface area contributed by atoms with E-state index in [0.717, 1.165) is 49.5 Å². The molecule has 32 heavy (non-hydrogen) atoms. The third kappa shape index (κ3) is 5.39. The number of ether oxygens (including phenoxy) is 2. The molecule has 1 aromatic carbocycles. The Morgan fingerprint density at radius 1 is 1.22 bits per heavy atom. The van der Waals surface area contributed by atoms with E-state index < -0.39 is 0 Å². The van der Waals surface area contributed by atoms with Crippen molar-refractivity contribution >= 4 is 17.8 Å². The quantitative estimate of drug-likeness (QED) is 0.724. The lowest BCUT2D eigenvalue weighted by atomic mass is 10.0. The zero-order valence-electron chi connectivity index (χ0n) is 19.4. The maximum atomic E-state index is 12.1. The molecule has 2 aliphatic rings. The number of amides is 1. The van der Waals surface area contributed by atoms with Gasteiger partial charge in [0.2, 0.25) is 5.89 Å². The summed E-state index contributed by atoms with van der Waals surface area (Å²) in [7, 11) is 0. The molecule has 1 aromatic heterocycles. The minimum Gasteiger partial charge on any atom is -0.447 e. The van der Waals surface area contributed by atoms with Crippen molar-refractivity contribution in [2.75, 3.05) is 44.7 Å². The van der Waals surface area contributed by atoms with E-state index in [-0.39, 0.29) is 18.1 Å². The third-order valence-electron chi connectivity index (χ3n) is 5.98. The first-order valence-electron chi connectivity index (χ1n) is 11.3. The Morgan fingerprint density at radius 2 is 2.00 bits per heavy atom. The highest BCUT2D eigenvalue weighted by atomic mass is 16.6. The number of aryl methyl sites for hydroxylation is 1. The van der Waals surface area contributed by atoms with Crippen molar-refractivity contribution < 1.29 is 18.7 Å². The van der Waals surface area contributed by atoms with Crippen LogP contribution in [0.15, 0.2) is 16.5 Å². The van der Waals surface area contributed by atoms with Gasteiger partial charge in [0.05, 0.1) is 18.6 Å². The molecular formula is C23H33N5O4. The maximum absolute atomic E-state index is 12.1. The van der Waals surface area contributed by atoms with Crippen molar-refractivity contribution in [3.8, 4) is 0 Å². The molecule has 9 heteroatoms. The van der Waals surface area contributed by atoms with Gasteiger partial charge >= 0.3 is 12.1 Å². The van der Waals surface area contributed by atoms with E-state index in [1.54, 1.807) is 4.90 Å². The Morgan fingerprint density at radius 3 is 2.69 bits per heavy atom. The molecule has 4 rings (SSSR count). The Bertz CT molecular complexity index is 930. The number of hydrogen-bond donors (Lipinski definition) is 1. The monoisotopic (exact) mass is 443 g/mol. The van der Waals surface area contributed by atoms with Crippen LogP contribution in [0, 0.1) is 13.8 Å². The number of hydrogen-bond acceptors (Lipinski definition) is 8. The van der Waals surface area contributed by atoms with Gasteiger partial charge in [0.1, 0.15) is 0 Å². The highest BCUT2D eigenvalue weighted by Crippen LogP contribution is 2.29. The largest absolute Gasteiger partial charge is 0.447 e. The van der Waals surface area contributed by atoms with E-state index in [2.05, 4.69) is 46.4 Å². The summed E-state index contributed by atoms with van der Waals surface area (Å²) in [4.78, 5) is 16.3. The average molecular weight is 444 g/mol. The Balaban J connectivity index is 1.39. The van der Waals surface area contributed by atoms with E-state index in [4.69, 9.17) is 13.9 Å². The maximum Gasteiger partial charge on any atom is 0.410 e. The lowest BCUT2D eigenvalue weighted by molar-refractivity contribution is 0.0559. The van der Waals surface area contributed by atoms with Crippen LogP contribution in [-0.4, -0.2) is 71.6 Å². The predicted molar refractivity (Wildman–Crippen MR) is 120 cm³/mol. The van der Waals surface area contributed by atoms with Crippen LogP contribution < -0.4 is 5.32 Å². The number of piperazine rings is 1. The van der Waals surface area contributed by atoms with Gasteiger partial charge in [-0.3, -0.25) is 4.90 Å². The van der Waals surface area contributed by atoms with Gasteiger partial charge in [-0.1, -0.05) is 11.2 Å². The first kappa shape index (κ1) is 22.5. The fourth-order valence-corrected chi connectivity index (χ4v) is 4.13. The molecule has 1 N–H and O–H groups in total. The Kier molecular flexibility index (Phi) is 6.95. The molecule has 2 aromatic rings. The van der Waals surface area contributed by atoms with Gasteiger partial charge in [-0.25, -0.2) is 4.79 Å². The zero-order chi connectivity index (χ0) is 22.7. The zero-order valence-corrected chi connectivity index (χ0v) is 19.4. The number of rotatable bonds is 6. The molecular weight excluding hydrogens is 410 g/mol. The first-order chi connectivity index (χ1) is 15.4. The van der Waals surface area contributed by atoms with E-state index in [1.165, 1.54) is 5.56 Å². The van der Waals surface area contributed by atoms with E-state index in [9.17, 15) is 4.79 Å². The van der Waals surface area contributed by atoms with Crippen molar-refractivity contribution in [3.63, 3.8) is 0 Å². The Hall–Kier alpha value is -2.65. The summed E-state index contributed by atoms with van der Waals surface area (Å²) in [6, 6.07) is 4.72. The summed E-state index contributed by atoms with van der Waals surface area (Å²) in [6.07, 6.45) is 0.598. The fraction of sp³-hybridized carbons (Fsp3) is 0.609. The number of carbonyl (C=O) groups excluding carboxylic acids is 1. The number of carbonyl (C=O) groups is 1. The van der Waals surface area contributed by atoms with Crippen LogP contribution in [0.2, 0.25) is 0 Å². The van der Waals surface area contributed by atoms with Crippen LogP contribution in [0.1, 0.15) is 48.8 Å². The normalized spacial score (nSPS) is 19.5. The summed E-state index contributed by atoms with van der Waals surface area (Å²) in [5.41, 5.74) is 4.53. The van der Waals surface area contributed by atoms with Crippen LogP contribution in [0.5, 0.6) is 0 Å². The summed E-state index contributed by atoms with van der Waals surface area (Å²) >= 11 is 0. The summed E-state index contributed by atoms with van der Waals surface area (Å²) in [5.74, 6) is 0.813. The molecule has 1 atom stereocenters. The lowest BCUT2D eigenvalue weighted by Crippen LogP contribution is -2.48. The van der Waals surface area contributed by atoms with Gasteiger partial charge in [-0.2, -0.15) is 0 Å². The summed E-state index contributed by atoms with van der Waals surface area (Å²) < 4.78 is 16.6. The average Bonchev–Trinajstić information content (AvgIpc) is 3.43. The predicted octanol–water partition coefficient (Wildman–Crippen LogP) is 3.60. The molecule has 9 nitrogen and oxygen atoms in total. The minimum atomic E-state index is -0.221. The van der Waals surface area contributed by atoms with Crippen LogP contribution in [0.3, 0.4) is 0 Å². The van der Waals surface area contributed by atoms with Gasteiger partial charge < -0.3 is 24.1 Å². The second-order valence-electron chi connectivity index (χ2n) is 8.92. The number of nitrogens with zero attached hydrogens (tertiary/aromatic N) is 4. The van der Waals surface area contributed by atoms with Gasteiger partial charge in [-0.05, 0) is 56.9 Å². The number of benzene rings is 1. The molecule has 0 aliphatic carbocycles. The molecule has 2 saturated heterocycles. The summed E-state index contributed by atoms with van der Waals surface area (Å²) in [5, 5.41) is 11.7. The van der Waals surface area contributed by atoms with Gasteiger partial charge in [0.25, 0.3) is 0 Å².